The second-order valence-electron chi connectivity index (χ2n) is 2.93. The van der Waals surface area contributed by atoms with E-state index in [0.29, 0.717) is 6.61 Å². The van der Waals surface area contributed by atoms with Crippen LogP contribution in [0.15, 0.2) is 12.2 Å². The molecule has 4 nitrogen and oxygen atoms in total. The SMILES string of the molecule is COC(=O)/C=C/[C@@H](O)[C@@]1(C)CO1. The van der Waals surface area contributed by atoms with Gasteiger partial charge in [-0.25, -0.2) is 4.79 Å². The summed E-state index contributed by atoms with van der Waals surface area (Å²) >= 11 is 0. The number of rotatable bonds is 3. The van der Waals surface area contributed by atoms with Crippen molar-refractivity contribution in [2.75, 3.05) is 13.7 Å². The Bertz CT molecular complexity index is 205. The van der Waals surface area contributed by atoms with Gasteiger partial charge in [0, 0.05) is 6.08 Å². The van der Waals surface area contributed by atoms with Gasteiger partial charge in [0.2, 0.25) is 0 Å². The van der Waals surface area contributed by atoms with Gasteiger partial charge in [-0.2, -0.15) is 0 Å². The second kappa shape index (κ2) is 3.25. The molecule has 0 saturated carbocycles. The molecule has 0 aromatic carbocycles. The number of ether oxygens (including phenoxy) is 2. The number of hydrogen-bond acceptors (Lipinski definition) is 4. The molecule has 1 aliphatic heterocycles. The number of aliphatic hydroxyl groups excluding tert-OH is 1. The smallest absolute Gasteiger partial charge is 0.330 e. The Hall–Kier alpha value is -0.870. The molecule has 0 aromatic rings. The van der Waals surface area contributed by atoms with E-state index in [-0.39, 0.29) is 0 Å². The van der Waals surface area contributed by atoms with Crippen LogP contribution in [0.2, 0.25) is 0 Å². The minimum absolute atomic E-state index is 0.474. The first-order chi connectivity index (χ1) is 5.58. The molecule has 1 saturated heterocycles. The summed E-state index contributed by atoms with van der Waals surface area (Å²) in [6, 6.07) is 0. The molecule has 1 rings (SSSR count). The molecule has 4 heteroatoms. The maximum Gasteiger partial charge on any atom is 0.330 e. The van der Waals surface area contributed by atoms with Crippen LogP contribution < -0.4 is 0 Å². The Morgan fingerprint density at radius 2 is 2.42 bits per heavy atom. The zero-order chi connectivity index (χ0) is 9.19. The summed E-state index contributed by atoms with van der Waals surface area (Å²) in [5.74, 6) is -0.474. The Balaban J connectivity index is 2.40. The molecule has 1 heterocycles. The average Bonchev–Trinajstić information content (AvgIpc) is 2.80. The van der Waals surface area contributed by atoms with Gasteiger partial charge in [0.25, 0.3) is 0 Å². The van der Waals surface area contributed by atoms with E-state index >= 15 is 0 Å². The first-order valence-electron chi connectivity index (χ1n) is 3.67. The van der Waals surface area contributed by atoms with E-state index in [4.69, 9.17) is 4.74 Å². The van der Waals surface area contributed by atoms with Crippen LogP contribution in [-0.4, -0.2) is 36.5 Å². The van der Waals surface area contributed by atoms with Gasteiger partial charge >= 0.3 is 5.97 Å². The summed E-state index contributed by atoms with van der Waals surface area (Å²) in [4.78, 5) is 10.6. The molecule has 0 bridgehead atoms. The summed E-state index contributed by atoms with van der Waals surface area (Å²) in [6.45, 7) is 2.30. The third-order valence-corrected chi connectivity index (χ3v) is 1.84. The molecule has 0 unspecified atom stereocenters. The highest BCUT2D eigenvalue weighted by atomic mass is 16.6. The van der Waals surface area contributed by atoms with E-state index in [1.807, 2.05) is 0 Å². The highest BCUT2D eigenvalue weighted by Gasteiger charge is 2.45. The molecule has 0 amide bonds. The highest BCUT2D eigenvalue weighted by Crippen LogP contribution is 2.30. The maximum atomic E-state index is 10.6. The number of carbonyl (C=O) groups is 1. The van der Waals surface area contributed by atoms with Gasteiger partial charge in [0.1, 0.15) is 11.7 Å². The Kier molecular flexibility index (Phi) is 2.49. The molecular weight excluding hydrogens is 160 g/mol. The first-order valence-corrected chi connectivity index (χ1v) is 3.67. The number of carbonyl (C=O) groups excluding carboxylic acids is 1. The van der Waals surface area contributed by atoms with Gasteiger partial charge < -0.3 is 14.6 Å². The predicted molar refractivity (Wildman–Crippen MR) is 41.5 cm³/mol. The lowest BCUT2D eigenvalue weighted by Crippen LogP contribution is -2.24. The van der Waals surface area contributed by atoms with Gasteiger partial charge in [0.05, 0.1) is 13.7 Å². The fourth-order valence-corrected chi connectivity index (χ4v) is 0.726. The molecule has 0 aliphatic carbocycles. The lowest BCUT2D eigenvalue weighted by atomic mass is 10.1. The number of esters is 1. The molecule has 1 N–H and O–H groups in total. The number of aliphatic hydroxyl groups is 1. The number of methoxy groups -OCH3 is 1. The van der Waals surface area contributed by atoms with E-state index in [9.17, 15) is 9.90 Å². The monoisotopic (exact) mass is 172 g/mol. The Morgan fingerprint density at radius 1 is 1.83 bits per heavy atom. The van der Waals surface area contributed by atoms with E-state index < -0.39 is 17.7 Å². The van der Waals surface area contributed by atoms with Crippen molar-refractivity contribution < 1.29 is 19.4 Å². The van der Waals surface area contributed by atoms with Crippen LogP contribution in [0.4, 0.5) is 0 Å². The zero-order valence-electron chi connectivity index (χ0n) is 7.11. The zero-order valence-corrected chi connectivity index (χ0v) is 7.11. The summed E-state index contributed by atoms with van der Waals surface area (Å²) in [5.41, 5.74) is -0.496. The van der Waals surface area contributed by atoms with Gasteiger partial charge in [-0.15, -0.1) is 0 Å². The van der Waals surface area contributed by atoms with Crippen molar-refractivity contribution in [2.24, 2.45) is 0 Å². The largest absolute Gasteiger partial charge is 0.466 e. The summed E-state index contributed by atoms with van der Waals surface area (Å²) < 4.78 is 9.33. The van der Waals surface area contributed by atoms with E-state index in [0.717, 1.165) is 0 Å². The molecule has 1 fully saturated rings. The van der Waals surface area contributed by atoms with Crippen molar-refractivity contribution in [3.8, 4) is 0 Å². The van der Waals surface area contributed by atoms with Crippen LogP contribution in [0.3, 0.4) is 0 Å². The van der Waals surface area contributed by atoms with Gasteiger partial charge in [-0.3, -0.25) is 0 Å². The van der Waals surface area contributed by atoms with Crippen LogP contribution in [0.1, 0.15) is 6.92 Å². The topological polar surface area (TPSA) is 59.1 Å². The summed E-state index contributed by atoms with van der Waals surface area (Å²) in [7, 11) is 1.29. The van der Waals surface area contributed by atoms with Gasteiger partial charge in [0.15, 0.2) is 0 Å². The standard InChI is InChI=1S/C8H12O4/c1-8(5-12-8)6(9)3-4-7(10)11-2/h3-4,6,9H,5H2,1-2H3/b4-3+/t6-,8-/m1/s1. The number of hydrogen-bond donors (Lipinski definition) is 1. The van der Waals surface area contributed by atoms with Crippen molar-refractivity contribution in [1.82, 2.24) is 0 Å². The summed E-state index contributed by atoms with van der Waals surface area (Å²) in [6.07, 6.45) is 1.83. The lowest BCUT2D eigenvalue weighted by Gasteiger charge is -2.08. The quantitative estimate of drug-likeness (QED) is 0.366. The third kappa shape index (κ3) is 2.06. The van der Waals surface area contributed by atoms with Crippen LogP contribution >= 0.6 is 0 Å². The van der Waals surface area contributed by atoms with Crippen LogP contribution in [0.25, 0.3) is 0 Å². The normalized spacial score (nSPS) is 30.2. The van der Waals surface area contributed by atoms with Crippen molar-refractivity contribution >= 4 is 5.97 Å². The Morgan fingerprint density at radius 3 is 2.83 bits per heavy atom. The Labute approximate surface area is 70.8 Å². The third-order valence-electron chi connectivity index (χ3n) is 1.84. The van der Waals surface area contributed by atoms with E-state index in [1.165, 1.54) is 19.3 Å². The van der Waals surface area contributed by atoms with E-state index in [1.54, 1.807) is 6.92 Å². The van der Waals surface area contributed by atoms with Crippen LogP contribution in [-0.2, 0) is 14.3 Å². The lowest BCUT2D eigenvalue weighted by molar-refractivity contribution is -0.134. The second-order valence-corrected chi connectivity index (χ2v) is 2.93. The number of epoxide rings is 1. The first kappa shape index (κ1) is 9.22. The van der Waals surface area contributed by atoms with Gasteiger partial charge in [-0.1, -0.05) is 0 Å². The minimum atomic E-state index is -0.739. The highest BCUT2D eigenvalue weighted by molar-refractivity contribution is 5.81. The van der Waals surface area contributed by atoms with Crippen molar-refractivity contribution in [3.63, 3.8) is 0 Å². The fourth-order valence-electron chi connectivity index (χ4n) is 0.726. The van der Waals surface area contributed by atoms with Crippen molar-refractivity contribution in [2.45, 2.75) is 18.6 Å². The molecular formula is C8H12O4. The molecule has 1 aliphatic rings. The maximum absolute atomic E-state index is 10.6. The molecule has 0 aromatic heterocycles. The minimum Gasteiger partial charge on any atom is -0.466 e. The van der Waals surface area contributed by atoms with Crippen LogP contribution in [0, 0.1) is 0 Å². The molecule has 0 spiro atoms. The summed E-state index contributed by atoms with van der Waals surface area (Å²) in [5, 5.41) is 9.37. The van der Waals surface area contributed by atoms with Crippen LogP contribution in [0.5, 0.6) is 0 Å². The van der Waals surface area contributed by atoms with Gasteiger partial charge in [-0.05, 0) is 13.0 Å². The van der Waals surface area contributed by atoms with E-state index in [2.05, 4.69) is 4.74 Å². The predicted octanol–water partition coefficient (Wildman–Crippen LogP) is -0.135. The molecule has 12 heavy (non-hydrogen) atoms. The fraction of sp³-hybridized carbons (Fsp3) is 0.625. The average molecular weight is 172 g/mol. The molecule has 68 valence electrons. The molecule has 2 atom stereocenters. The van der Waals surface area contributed by atoms with Crippen molar-refractivity contribution in [3.05, 3.63) is 12.2 Å². The van der Waals surface area contributed by atoms with Crippen molar-refractivity contribution in [1.29, 1.82) is 0 Å². The molecule has 0 radical (unpaired) electrons.